The molecule has 0 atom stereocenters. The van der Waals surface area contributed by atoms with Crippen LogP contribution in [-0.4, -0.2) is 42.4 Å². The number of carbonyl (C=O) groups excluding carboxylic acids is 1. The lowest BCUT2D eigenvalue weighted by molar-refractivity contribution is -0.117. The van der Waals surface area contributed by atoms with Gasteiger partial charge >= 0.3 is 0 Å². The number of aromatic nitrogens is 5. The molecule has 190 valence electrons. The van der Waals surface area contributed by atoms with Crippen LogP contribution in [0, 0.1) is 0 Å². The third-order valence-corrected chi connectivity index (χ3v) is 7.64. The molecule has 1 fully saturated rings. The monoisotopic (exact) mass is 515 g/mol. The highest BCUT2D eigenvalue weighted by molar-refractivity contribution is 7.23. The molecule has 4 heterocycles. The van der Waals surface area contributed by atoms with E-state index in [4.69, 9.17) is 15.2 Å². The molecule has 9 nitrogen and oxygen atoms in total. The number of rotatable bonds is 8. The topological polar surface area (TPSA) is 124 Å². The summed E-state index contributed by atoms with van der Waals surface area (Å²) in [4.78, 5) is 28.2. The fourth-order valence-corrected chi connectivity index (χ4v) is 5.10. The maximum atomic E-state index is 12.6. The quantitative estimate of drug-likeness (QED) is 0.308. The van der Waals surface area contributed by atoms with Crippen molar-refractivity contribution in [1.29, 1.82) is 0 Å². The van der Waals surface area contributed by atoms with Crippen LogP contribution in [0.1, 0.15) is 50.6 Å². The van der Waals surface area contributed by atoms with Crippen molar-refractivity contribution in [2.24, 2.45) is 5.73 Å². The molecule has 1 aliphatic carbocycles. The molecule has 0 aliphatic heterocycles. The van der Waals surface area contributed by atoms with E-state index in [1.807, 2.05) is 47.1 Å². The number of imidazole rings is 1. The van der Waals surface area contributed by atoms with Crippen molar-refractivity contribution in [3.63, 3.8) is 0 Å². The van der Waals surface area contributed by atoms with Gasteiger partial charge in [-0.25, -0.2) is 15.0 Å². The number of Topliss-reactive ketones (excluding diaryl/α,β-unsaturated/α-hetero) is 1. The number of hydrogen-bond donors (Lipinski definition) is 2. The SMILES string of the molecule is CC(C)(C)c1cc(CC(=O)Cc2ccc(-c3cn4c(n3)sc3nc(NCC5(N)CC5)ncc34)cc2)no1. The third kappa shape index (κ3) is 4.99. The van der Waals surface area contributed by atoms with Crippen molar-refractivity contribution in [2.75, 3.05) is 11.9 Å². The molecule has 37 heavy (non-hydrogen) atoms. The van der Waals surface area contributed by atoms with Gasteiger partial charge in [0.05, 0.1) is 24.0 Å². The molecule has 4 aromatic heterocycles. The van der Waals surface area contributed by atoms with Crippen LogP contribution in [0.25, 0.3) is 26.6 Å². The Hall–Kier alpha value is -3.63. The molecular weight excluding hydrogens is 486 g/mol. The summed E-state index contributed by atoms with van der Waals surface area (Å²) >= 11 is 1.53. The average Bonchev–Trinajstić information content (AvgIpc) is 3.19. The molecule has 3 N–H and O–H groups in total. The summed E-state index contributed by atoms with van der Waals surface area (Å²) in [5.74, 6) is 1.48. The van der Waals surface area contributed by atoms with E-state index in [9.17, 15) is 4.79 Å². The molecule has 0 spiro atoms. The maximum Gasteiger partial charge on any atom is 0.224 e. The van der Waals surface area contributed by atoms with Crippen LogP contribution >= 0.6 is 11.3 Å². The zero-order valence-corrected chi connectivity index (χ0v) is 21.9. The van der Waals surface area contributed by atoms with Gasteiger partial charge in [0.15, 0.2) is 4.96 Å². The number of ketones is 1. The smallest absolute Gasteiger partial charge is 0.224 e. The Kier molecular flexibility index (Phi) is 5.61. The summed E-state index contributed by atoms with van der Waals surface area (Å²) in [6.45, 7) is 6.86. The van der Waals surface area contributed by atoms with E-state index in [0.29, 0.717) is 24.6 Å². The summed E-state index contributed by atoms with van der Waals surface area (Å²) in [6, 6.07) is 9.84. The number of anilines is 1. The largest absolute Gasteiger partial charge is 0.361 e. The van der Waals surface area contributed by atoms with E-state index >= 15 is 0 Å². The lowest BCUT2D eigenvalue weighted by Gasteiger charge is -2.12. The second-order valence-electron chi connectivity index (χ2n) is 11.0. The Morgan fingerprint density at radius 2 is 1.97 bits per heavy atom. The predicted molar refractivity (Wildman–Crippen MR) is 144 cm³/mol. The Bertz CT molecular complexity index is 1600. The van der Waals surface area contributed by atoms with Crippen LogP contribution in [0.4, 0.5) is 5.95 Å². The van der Waals surface area contributed by atoms with Crippen LogP contribution in [0.5, 0.6) is 0 Å². The summed E-state index contributed by atoms with van der Waals surface area (Å²) in [5, 5.41) is 7.31. The minimum atomic E-state index is -0.130. The first-order valence-electron chi connectivity index (χ1n) is 12.4. The molecule has 5 aromatic rings. The summed E-state index contributed by atoms with van der Waals surface area (Å²) in [6.07, 6.45) is 6.51. The number of benzene rings is 1. The predicted octanol–water partition coefficient (Wildman–Crippen LogP) is 4.55. The molecule has 0 bridgehead atoms. The summed E-state index contributed by atoms with van der Waals surface area (Å²) in [5.41, 5.74) is 10.3. The van der Waals surface area contributed by atoms with Gasteiger partial charge in [0, 0.05) is 41.7 Å². The standard InChI is InChI=1S/C27H29N7O2S/c1-26(2,3)22-12-18(33-36-22)11-19(35)10-16-4-6-17(7-5-16)20-14-34-21-13-29-24(30-15-27(28)8-9-27)32-23(21)37-25(34)31-20/h4-7,12-14H,8-11,15,28H2,1-3H3,(H,29,30,32). The Labute approximate surface area is 218 Å². The number of thiazole rings is 1. The number of nitrogens with zero attached hydrogens (tertiary/aromatic N) is 5. The van der Waals surface area contributed by atoms with Gasteiger partial charge in [-0.3, -0.25) is 9.20 Å². The van der Waals surface area contributed by atoms with Gasteiger partial charge in [0.2, 0.25) is 5.95 Å². The van der Waals surface area contributed by atoms with E-state index in [0.717, 1.165) is 50.7 Å². The van der Waals surface area contributed by atoms with Gasteiger partial charge in [0.25, 0.3) is 0 Å². The van der Waals surface area contributed by atoms with Crippen LogP contribution < -0.4 is 11.1 Å². The average molecular weight is 516 g/mol. The van der Waals surface area contributed by atoms with Crippen molar-refractivity contribution in [1.82, 2.24) is 24.5 Å². The number of nitrogens with two attached hydrogens (primary N) is 1. The van der Waals surface area contributed by atoms with Crippen molar-refractivity contribution in [3.05, 3.63) is 59.7 Å². The molecular formula is C27H29N7O2S. The van der Waals surface area contributed by atoms with Crippen molar-refractivity contribution >= 4 is 38.4 Å². The zero-order chi connectivity index (χ0) is 25.8. The minimum absolute atomic E-state index is 0.100. The van der Waals surface area contributed by atoms with Gasteiger partial charge in [-0.2, -0.15) is 0 Å². The van der Waals surface area contributed by atoms with Gasteiger partial charge in [0.1, 0.15) is 21.9 Å². The van der Waals surface area contributed by atoms with E-state index < -0.39 is 0 Å². The normalized spacial score (nSPS) is 14.9. The zero-order valence-electron chi connectivity index (χ0n) is 21.1. The Balaban J connectivity index is 1.13. The van der Waals surface area contributed by atoms with Crippen molar-refractivity contribution in [2.45, 2.75) is 57.4 Å². The van der Waals surface area contributed by atoms with E-state index in [1.165, 1.54) is 11.3 Å². The number of hydrogen-bond acceptors (Lipinski definition) is 9. The summed E-state index contributed by atoms with van der Waals surface area (Å²) in [7, 11) is 0. The molecule has 0 unspecified atom stereocenters. The second-order valence-corrected chi connectivity index (χ2v) is 12.0. The molecule has 0 amide bonds. The van der Waals surface area contributed by atoms with Gasteiger partial charge in [-0.15, -0.1) is 0 Å². The van der Waals surface area contributed by atoms with Crippen molar-refractivity contribution < 1.29 is 9.32 Å². The molecule has 1 aromatic carbocycles. The highest BCUT2D eigenvalue weighted by Gasteiger charge is 2.38. The van der Waals surface area contributed by atoms with Crippen LogP contribution in [0.2, 0.25) is 0 Å². The van der Waals surface area contributed by atoms with Gasteiger partial charge in [-0.1, -0.05) is 61.5 Å². The molecule has 10 heteroatoms. The molecule has 1 aliphatic rings. The number of carbonyl (C=O) groups is 1. The fourth-order valence-electron chi connectivity index (χ4n) is 4.15. The number of fused-ring (bicyclic) bond motifs is 3. The van der Waals surface area contributed by atoms with E-state index in [1.54, 1.807) is 0 Å². The van der Waals surface area contributed by atoms with E-state index in [2.05, 4.69) is 41.2 Å². The maximum absolute atomic E-state index is 12.6. The summed E-state index contributed by atoms with van der Waals surface area (Å²) < 4.78 is 7.41. The first-order chi connectivity index (χ1) is 17.6. The highest BCUT2D eigenvalue weighted by atomic mass is 32.1. The second kappa shape index (κ2) is 8.74. The fraction of sp³-hybridized carbons (Fsp3) is 0.370. The van der Waals surface area contributed by atoms with Gasteiger partial charge in [-0.05, 0) is 18.4 Å². The van der Waals surface area contributed by atoms with Crippen LogP contribution in [0.15, 0.2) is 47.2 Å². The van der Waals surface area contributed by atoms with Crippen LogP contribution in [0.3, 0.4) is 0 Å². The Morgan fingerprint density at radius 1 is 1.19 bits per heavy atom. The third-order valence-electron chi connectivity index (χ3n) is 6.67. The lowest BCUT2D eigenvalue weighted by atomic mass is 9.93. The molecule has 0 radical (unpaired) electrons. The first kappa shape index (κ1) is 23.7. The van der Waals surface area contributed by atoms with Crippen LogP contribution in [-0.2, 0) is 23.1 Å². The Morgan fingerprint density at radius 3 is 2.68 bits per heavy atom. The molecule has 6 rings (SSSR count). The van der Waals surface area contributed by atoms with Crippen molar-refractivity contribution in [3.8, 4) is 11.3 Å². The first-order valence-corrected chi connectivity index (χ1v) is 13.2. The number of nitrogens with one attached hydrogen (secondary N) is 1. The lowest BCUT2D eigenvalue weighted by Crippen LogP contribution is -2.31. The molecule has 0 saturated heterocycles. The van der Waals surface area contributed by atoms with Gasteiger partial charge < -0.3 is 15.6 Å². The van der Waals surface area contributed by atoms with E-state index in [-0.39, 0.29) is 23.2 Å². The minimum Gasteiger partial charge on any atom is -0.361 e. The highest BCUT2D eigenvalue weighted by Crippen LogP contribution is 2.32. The molecule has 1 saturated carbocycles.